The first kappa shape index (κ1) is 19.8. The maximum Gasteiger partial charge on any atom is 0.166 e. The van der Waals surface area contributed by atoms with Crippen molar-refractivity contribution in [1.82, 2.24) is 0 Å². The molecule has 0 fully saturated rings. The second kappa shape index (κ2) is 9.86. The first-order chi connectivity index (χ1) is 13.6. The van der Waals surface area contributed by atoms with Crippen molar-refractivity contribution in [2.24, 2.45) is 0 Å². The van der Waals surface area contributed by atoms with Crippen LogP contribution in [0.25, 0.3) is 0 Å². The van der Waals surface area contributed by atoms with Gasteiger partial charge in [0.2, 0.25) is 0 Å². The first-order valence-corrected chi connectivity index (χ1v) is 10.4. The van der Waals surface area contributed by atoms with Crippen molar-refractivity contribution in [3.63, 3.8) is 0 Å². The maximum absolute atomic E-state index is 5.79. The van der Waals surface area contributed by atoms with E-state index in [4.69, 9.17) is 9.47 Å². The fraction of sp³-hybridized carbons (Fsp3) is 0.120. The molecule has 0 aliphatic carbocycles. The Bertz CT molecular complexity index is 863. The van der Waals surface area contributed by atoms with Gasteiger partial charge in [0.25, 0.3) is 0 Å². The van der Waals surface area contributed by atoms with Crippen LogP contribution in [0.1, 0.15) is 6.92 Å². The van der Waals surface area contributed by atoms with Crippen molar-refractivity contribution in [3.05, 3.63) is 109 Å². The summed E-state index contributed by atoms with van der Waals surface area (Å²) in [4.78, 5) is 3.86. The Morgan fingerprint density at radius 2 is 1.21 bits per heavy atom. The number of hydrogen-bond donors (Lipinski definition) is 0. The predicted molar refractivity (Wildman–Crippen MR) is 117 cm³/mol. The quantitative estimate of drug-likeness (QED) is 0.186. The summed E-state index contributed by atoms with van der Waals surface area (Å²) >= 11 is 0. The van der Waals surface area contributed by atoms with Crippen LogP contribution in [0.4, 0.5) is 0 Å². The smallest absolute Gasteiger partial charge is 0.166 e. The highest BCUT2D eigenvalue weighted by Crippen LogP contribution is 2.31. The van der Waals surface area contributed by atoms with Gasteiger partial charge in [-0.25, -0.2) is 0 Å². The van der Waals surface area contributed by atoms with Crippen molar-refractivity contribution < 1.29 is 9.47 Å². The molecule has 3 rings (SSSR count). The van der Waals surface area contributed by atoms with E-state index in [9.17, 15) is 0 Å². The van der Waals surface area contributed by atoms with Crippen molar-refractivity contribution >= 4 is 10.9 Å². The molecular weight excluding hydrogens is 364 g/mol. The number of ether oxygens (including phenoxy) is 2. The van der Waals surface area contributed by atoms with Crippen molar-refractivity contribution in [1.29, 1.82) is 0 Å². The maximum atomic E-state index is 5.79. The monoisotopic (exact) mass is 389 g/mol. The van der Waals surface area contributed by atoms with Crippen LogP contribution in [0.5, 0.6) is 5.75 Å². The summed E-state index contributed by atoms with van der Waals surface area (Å²) in [5.74, 6) is 1.44. The molecule has 0 aromatic heterocycles. The molecule has 3 aromatic rings. The minimum Gasteiger partial charge on any atom is -0.490 e. The highest BCUT2D eigenvalue weighted by atomic mass is 32.2. The molecule has 0 aliphatic rings. The number of hydrogen-bond acceptors (Lipinski definition) is 2. The van der Waals surface area contributed by atoms with E-state index in [-0.39, 0.29) is 10.9 Å². The van der Waals surface area contributed by atoms with Gasteiger partial charge in [0.05, 0.1) is 10.9 Å². The van der Waals surface area contributed by atoms with Crippen LogP contribution < -0.4 is 4.74 Å². The Kier molecular flexibility index (Phi) is 6.99. The second-order valence-electron chi connectivity index (χ2n) is 6.30. The molecule has 0 saturated heterocycles. The summed E-state index contributed by atoms with van der Waals surface area (Å²) in [6.45, 7) is 10.4. The molecule has 2 nitrogen and oxygen atoms in total. The van der Waals surface area contributed by atoms with Gasteiger partial charge in [-0.15, -0.1) is 0 Å². The molecule has 0 bridgehead atoms. The van der Waals surface area contributed by atoms with Gasteiger partial charge in [0.15, 0.2) is 14.7 Å². The summed E-state index contributed by atoms with van der Waals surface area (Å²) in [6, 6.07) is 29.6. The molecule has 0 N–H and O–H groups in total. The van der Waals surface area contributed by atoms with E-state index >= 15 is 0 Å². The lowest BCUT2D eigenvalue weighted by Gasteiger charge is -2.11. The summed E-state index contributed by atoms with van der Waals surface area (Å²) in [7, 11) is -0.143. The Balaban J connectivity index is 1.71. The third-order valence-electron chi connectivity index (χ3n) is 4.12. The summed E-state index contributed by atoms with van der Waals surface area (Å²) in [5.41, 5.74) is 0.832. The fourth-order valence-electron chi connectivity index (χ4n) is 2.64. The topological polar surface area (TPSA) is 18.5 Å². The predicted octanol–water partition coefficient (Wildman–Crippen LogP) is 6.27. The minimum absolute atomic E-state index is 0.143. The third kappa shape index (κ3) is 5.30. The molecule has 0 amide bonds. The van der Waals surface area contributed by atoms with Gasteiger partial charge >= 0.3 is 0 Å². The van der Waals surface area contributed by atoms with Crippen molar-refractivity contribution in [2.45, 2.75) is 21.6 Å². The van der Waals surface area contributed by atoms with E-state index in [1.165, 1.54) is 14.7 Å². The van der Waals surface area contributed by atoms with Gasteiger partial charge in [-0.2, -0.15) is 0 Å². The Hall–Kier alpha value is -2.91. The molecule has 3 heteroatoms. The molecule has 0 spiro atoms. The van der Waals surface area contributed by atoms with Gasteiger partial charge in [-0.05, 0) is 61.0 Å². The normalized spacial score (nSPS) is 10.5. The van der Waals surface area contributed by atoms with Crippen LogP contribution in [0.15, 0.2) is 124 Å². The largest absolute Gasteiger partial charge is 0.490 e. The number of benzene rings is 3. The van der Waals surface area contributed by atoms with E-state index < -0.39 is 0 Å². The van der Waals surface area contributed by atoms with Crippen molar-refractivity contribution in [3.8, 4) is 5.75 Å². The summed E-state index contributed by atoms with van der Waals surface area (Å²) in [6.07, 6.45) is 0. The number of allylic oxidation sites excluding steroid dienone is 1. The lowest BCUT2D eigenvalue weighted by atomic mass is 10.3. The molecule has 28 heavy (non-hydrogen) atoms. The van der Waals surface area contributed by atoms with Crippen LogP contribution in [0, 0.1) is 0 Å². The highest BCUT2D eigenvalue weighted by Gasteiger charge is 2.28. The molecular formula is C25H25O2S+. The molecule has 0 atom stereocenters. The lowest BCUT2D eigenvalue weighted by Crippen LogP contribution is -2.07. The summed E-state index contributed by atoms with van der Waals surface area (Å²) < 4.78 is 11.3. The molecule has 142 valence electrons. The first-order valence-electron chi connectivity index (χ1n) is 9.20. The van der Waals surface area contributed by atoms with Gasteiger partial charge in [-0.3, -0.25) is 0 Å². The van der Waals surface area contributed by atoms with Crippen LogP contribution in [0.3, 0.4) is 0 Å². The average Bonchev–Trinajstić information content (AvgIpc) is 2.74. The Labute approximate surface area is 170 Å². The Morgan fingerprint density at radius 1 is 0.714 bits per heavy atom. The zero-order valence-corrected chi connectivity index (χ0v) is 17.0. The standard InChI is InChI=1S/C25H25O2S/c1-20(2)21(3)26-18-19-27-22-14-16-25(17-15-22)28(23-10-6-4-7-11-23)24-12-8-5-9-13-24/h4-17H,1,3,18-19H2,2H3/q+1. The fourth-order valence-corrected chi connectivity index (χ4v) is 4.72. The molecule has 0 heterocycles. The molecule has 0 aliphatic heterocycles. The van der Waals surface area contributed by atoms with Crippen LogP contribution in [-0.2, 0) is 15.6 Å². The minimum atomic E-state index is -0.143. The van der Waals surface area contributed by atoms with E-state index in [0.29, 0.717) is 19.0 Å². The Morgan fingerprint density at radius 3 is 1.71 bits per heavy atom. The van der Waals surface area contributed by atoms with E-state index in [2.05, 4.69) is 86.0 Å². The van der Waals surface area contributed by atoms with E-state index in [1.54, 1.807) is 0 Å². The van der Waals surface area contributed by atoms with Crippen LogP contribution in [-0.4, -0.2) is 13.2 Å². The molecule has 0 radical (unpaired) electrons. The van der Waals surface area contributed by atoms with Gasteiger partial charge in [0, 0.05) is 0 Å². The van der Waals surface area contributed by atoms with Gasteiger partial charge in [0.1, 0.15) is 24.7 Å². The molecule has 0 unspecified atom stereocenters. The number of rotatable bonds is 9. The zero-order valence-electron chi connectivity index (χ0n) is 16.1. The summed E-state index contributed by atoms with van der Waals surface area (Å²) in [5, 5.41) is 0. The van der Waals surface area contributed by atoms with Crippen LogP contribution >= 0.6 is 0 Å². The average molecular weight is 390 g/mol. The van der Waals surface area contributed by atoms with E-state index in [0.717, 1.165) is 11.3 Å². The lowest BCUT2D eigenvalue weighted by molar-refractivity contribution is 0.162. The highest BCUT2D eigenvalue weighted by molar-refractivity contribution is 7.97. The third-order valence-corrected chi connectivity index (χ3v) is 6.35. The van der Waals surface area contributed by atoms with Crippen LogP contribution in [0.2, 0.25) is 0 Å². The SMILES string of the molecule is C=C(C)C(=C)OCCOc1ccc([S+](c2ccccc2)c2ccccc2)cc1. The second-order valence-corrected chi connectivity index (χ2v) is 8.33. The molecule has 0 saturated carbocycles. The van der Waals surface area contributed by atoms with Gasteiger partial charge < -0.3 is 9.47 Å². The van der Waals surface area contributed by atoms with E-state index in [1.807, 2.05) is 19.1 Å². The van der Waals surface area contributed by atoms with Crippen molar-refractivity contribution in [2.75, 3.05) is 13.2 Å². The molecule has 3 aromatic carbocycles. The zero-order chi connectivity index (χ0) is 19.8. The van der Waals surface area contributed by atoms with Gasteiger partial charge in [-0.1, -0.05) is 49.6 Å².